The van der Waals surface area contributed by atoms with Crippen LogP contribution in [0.2, 0.25) is 0 Å². The molecular formula is C38H58O18. The third-order valence-corrected chi connectivity index (χ3v) is 15.5. The molecule has 22 atom stereocenters. The monoisotopic (exact) mass is 802 g/mol. The first-order valence-electron chi connectivity index (χ1n) is 20.0. The summed E-state index contributed by atoms with van der Waals surface area (Å²) in [5.41, 5.74) is -1.34. The maximum Gasteiger partial charge on any atom is 0.309 e. The maximum atomic E-state index is 12.7. The lowest BCUT2D eigenvalue weighted by molar-refractivity contribution is -0.401. The highest BCUT2D eigenvalue weighted by atomic mass is 16.8. The SMILES string of the molecule is C=C1C[C@]23CC[C@H]4[C@]5(CCC[C@@]4(C)C(=O)O)CC(C[C@]1(OC1OC(CO)C(O)C(OC4OC(CO)C(O)C(O)C4O)C1OC1OC(CO)C(O)C(O)C1O)C2)[C@H]35. The average molecular weight is 803 g/mol. The molecule has 5 saturated carbocycles. The first-order valence-corrected chi connectivity index (χ1v) is 20.0. The Labute approximate surface area is 323 Å². The van der Waals surface area contributed by atoms with Gasteiger partial charge in [-0.15, -0.1) is 0 Å². The molecule has 0 amide bonds. The largest absolute Gasteiger partial charge is 0.481 e. The number of hydrogen-bond donors (Lipinski definition) is 11. The van der Waals surface area contributed by atoms with Gasteiger partial charge in [0.1, 0.15) is 73.2 Å². The van der Waals surface area contributed by atoms with Crippen LogP contribution in [-0.4, -0.2) is 180 Å². The van der Waals surface area contributed by atoms with E-state index in [-0.39, 0.29) is 28.6 Å². The Morgan fingerprint density at radius 3 is 1.86 bits per heavy atom. The van der Waals surface area contributed by atoms with Crippen molar-refractivity contribution in [3.05, 3.63) is 12.2 Å². The molecule has 2 bridgehead atoms. The Hall–Kier alpha value is -1.43. The number of ether oxygens (including phenoxy) is 6. The molecule has 16 unspecified atom stereocenters. The summed E-state index contributed by atoms with van der Waals surface area (Å²) in [5.74, 6) is -0.242. The molecule has 3 aliphatic heterocycles. The van der Waals surface area contributed by atoms with Crippen molar-refractivity contribution in [2.45, 2.75) is 162 Å². The number of aliphatic hydroxyl groups excluding tert-OH is 10. The van der Waals surface area contributed by atoms with Crippen LogP contribution in [0.5, 0.6) is 0 Å². The van der Waals surface area contributed by atoms with E-state index in [1.807, 2.05) is 6.92 Å². The van der Waals surface area contributed by atoms with Gasteiger partial charge in [-0.25, -0.2) is 0 Å². The highest BCUT2D eigenvalue weighted by Gasteiger charge is 2.77. The third-order valence-electron chi connectivity index (χ3n) is 15.5. The van der Waals surface area contributed by atoms with Gasteiger partial charge in [-0.05, 0) is 92.4 Å². The minimum atomic E-state index is -1.91. The van der Waals surface area contributed by atoms with Gasteiger partial charge in [0, 0.05) is 0 Å². The van der Waals surface area contributed by atoms with Crippen molar-refractivity contribution in [1.29, 1.82) is 0 Å². The first-order chi connectivity index (χ1) is 26.5. The van der Waals surface area contributed by atoms with E-state index in [9.17, 15) is 61.0 Å². The highest BCUT2D eigenvalue weighted by Crippen LogP contribution is 2.81. The van der Waals surface area contributed by atoms with Crippen LogP contribution in [0.4, 0.5) is 0 Å². The fraction of sp³-hybridized carbons (Fsp3) is 0.921. The van der Waals surface area contributed by atoms with Crippen molar-refractivity contribution in [2.75, 3.05) is 19.8 Å². The van der Waals surface area contributed by atoms with Crippen LogP contribution in [0.3, 0.4) is 0 Å². The molecule has 8 rings (SSSR count). The molecule has 18 nitrogen and oxygen atoms in total. The fourth-order valence-electron chi connectivity index (χ4n) is 13.1. The van der Waals surface area contributed by atoms with Gasteiger partial charge in [0.15, 0.2) is 18.9 Å². The van der Waals surface area contributed by atoms with E-state index in [1.165, 1.54) is 0 Å². The zero-order chi connectivity index (χ0) is 40.3. The Morgan fingerprint density at radius 2 is 1.29 bits per heavy atom. The van der Waals surface area contributed by atoms with Gasteiger partial charge in [-0.1, -0.05) is 13.0 Å². The topological polar surface area (TPSA) is 295 Å². The second-order valence-electron chi connectivity index (χ2n) is 18.3. The predicted octanol–water partition coefficient (Wildman–Crippen LogP) is -2.76. The Morgan fingerprint density at radius 1 is 0.732 bits per heavy atom. The smallest absolute Gasteiger partial charge is 0.309 e. The molecule has 0 radical (unpaired) electrons. The van der Waals surface area contributed by atoms with Gasteiger partial charge in [-0.3, -0.25) is 4.79 Å². The van der Waals surface area contributed by atoms with E-state index in [4.69, 9.17) is 28.4 Å². The van der Waals surface area contributed by atoms with Crippen molar-refractivity contribution in [2.24, 2.45) is 34.0 Å². The Kier molecular flexibility index (Phi) is 10.8. The third kappa shape index (κ3) is 6.01. The molecule has 0 aromatic heterocycles. The second-order valence-corrected chi connectivity index (χ2v) is 18.3. The first kappa shape index (κ1) is 41.3. The van der Waals surface area contributed by atoms with Crippen molar-refractivity contribution in [1.82, 2.24) is 0 Å². The lowest BCUT2D eigenvalue weighted by atomic mass is 9.30. The van der Waals surface area contributed by atoms with E-state index in [1.54, 1.807) is 0 Å². The zero-order valence-corrected chi connectivity index (χ0v) is 31.4. The van der Waals surface area contributed by atoms with E-state index in [0.717, 1.165) is 37.7 Å². The highest BCUT2D eigenvalue weighted by molar-refractivity contribution is 5.75. The van der Waals surface area contributed by atoms with E-state index in [0.29, 0.717) is 25.7 Å². The number of fused-ring (bicyclic) bond motifs is 1. The predicted molar refractivity (Wildman–Crippen MR) is 185 cm³/mol. The van der Waals surface area contributed by atoms with Crippen LogP contribution in [0.25, 0.3) is 0 Å². The number of aliphatic carboxylic acids is 1. The fourth-order valence-corrected chi connectivity index (χ4v) is 13.1. The molecule has 8 fully saturated rings. The minimum absolute atomic E-state index is 0.0560. The maximum absolute atomic E-state index is 12.7. The zero-order valence-electron chi connectivity index (χ0n) is 31.4. The number of rotatable bonds is 10. The van der Waals surface area contributed by atoms with Crippen LogP contribution in [0, 0.1) is 34.0 Å². The van der Waals surface area contributed by atoms with Gasteiger partial charge in [0.2, 0.25) is 0 Å². The van der Waals surface area contributed by atoms with Crippen LogP contribution in [0.1, 0.15) is 64.7 Å². The number of carboxylic acid groups (broad SMARTS) is 1. The summed E-state index contributed by atoms with van der Waals surface area (Å²) in [4.78, 5) is 12.7. The van der Waals surface area contributed by atoms with Gasteiger partial charge in [0.25, 0.3) is 0 Å². The standard InChI is InChI=1S/C38H58O18/c1-15-8-36-7-4-20-35(2,34(49)50)5-3-6-37(20)9-16(30(36)37)10-38(15,14-36)56-33-29(55-32-27(48)25(46)22(43)18(12-40)52-32)28(23(44)19(13-41)53-33)54-31-26(47)24(45)21(42)17(11-39)51-31/h16-33,39-48H,1,3-14H2,2H3,(H,49,50)/t16?,17?,18?,19?,20-,21?,22?,23?,24?,25?,26?,27?,28?,29?,30-,31?,32?,33?,35-,36-,37+,38+/m1/s1. The molecule has 11 N–H and O–H groups in total. The molecular weight excluding hydrogens is 744 g/mol. The van der Waals surface area contributed by atoms with Gasteiger partial charge >= 0.3 is 5.97 Å². The molecule has 2 spiro atoms. The summed E-state index contributed by atoms with van der Waals surface area (Å²) in [5, 5.41) is 116. The van der Waals surface area contributed by atoms with Crippen LogP contribution in [-0.2, 0) is 33.2 Å². The van der Waals surface area contributed by atoms with Crippen LogP contribution in [0.15, 0.2) is 12.2 Å². The van der Waals surface area contributed by atoms with E-state index in [2.05, 4.69) is 6.58 Å². The summed E-state index contributed by atoms with van der Waals surface area (Å²) in [7, 11) is 0. The quantitative estimate of drug-likeness (QED) is 0.0788. The lowest BCUT2D eigenvalue weighted by Gasteiger charge is -2.74. The molecule has 0 aromatic carbocycles. The van der Waals surface area contributed by atoms with E-state index < -0.39 is 129 Å². The molecule has 56 heavy (non-hydrogen) atoms. The number of carbonyl (C=O) groups is 1. The van der Waals surface area contributed by atoms with Crippen LogP contribution >= 0.6 is 0 Å². The molecule has 318 valence electrons. The van der Waals surface area contributed by atoms with Crippen molar-refractivity contribution in [3.8, 4) is 0 Å². The number of carboxylic acids is 1. The average Bonchev–Trinajstić information content (AvgIpc) is 3.37. The Bertz CT molecular complexity index is 1500. The Balaban J connectivity index is 1.12. The van der Waals surface area contributed by atoms with Gasteiger partial charge in [0.05, 0.1) is 30.8 Å². The minimum Gasteiger partial charge on any atom is -0.481 e. The summed E-state index contributed by atoms with van der Waals surface area (Å²) in [6.45, 7) is 4.11. The van der Waals surface area contributed by atoms with E-state index >= 15 is 0 Å². The van der Waals surface area contributed by atoms with Gasteiger partial charge < -0.3 is 84.6 Å². The molecule has 18 heteroatoms. The summed E-state index contributed by atoms with van der Waals surface area (Å²) in [6, 6.07) is 0. The summed E-state index contributed by atoms with van der Waals surface area (Å²) < 4.78 is 36.8. The molecule has 3 heterocycles. The second kappa shape index (κ2) is 14.6. The van der Waals surface area contributed by atoms with Crippen LogP contribution < -0.4 is 0 Å². The summed E-state index contributed by atoms with van der Waals surface area (Å²) in [6.07, 6.45) is -18.7. The summed E-state index contributed by atoms with van der Waals surface area (Å²) >= 11 is 0. The normalized spacial score (nSPS) is 56.5. The lowest BCUT2D eigenvalue weighted by Crippen LogP contribution is -2.70. The molecule has 0 aromatic rings. The van der Waals surface area contributed by atoms with Gasteiger partial charge in [-0.2, -0.15) is 0 Å². The number of aliphatic hydroxyl groups is 10. The van der Waals surface area contributed by atoms with Crippen molar-refractivity contribution in [3.63, 3.8) is 0 Å². The molecule has 5 aliphatic carbocycles. The molecule has 3 saturated heterocycles. The van der Waals surface area contributed by atoms with Crippen molar-refractivity contribution >= 4 is 5.97 Å². The number of hydrogen-bond acceptors (Lipinski definition) is 17. The molecule has 8 aliphatic rings. The van der Waals surface area contributed by atoms with Crippen molar-refractivity contribution < 1.29 is 89.4 Å².